The fourth-order valence-corrected chi connectivity index (χ4v) is 4.64. The average Bonchev–Trinajstić information content (AvgIpc) is 3.56. The van der Waals surface area contributed by atoms with Crippen molar-refractivity contribution in [2.75, 3.05) is 19.6 Å². The van der Waals surface area contributed by atoms with Crippen molar-refractivity contribution >= 4 is 6.16 Å². The third-order valence-corrected chi connectivity index (χ3v) is 6.44. The number of ether oxygens (including phenoxy) is 1. The Balaban J connectivity index is 1.27. The number of carboxylic acid groups (broad SMARTS) is 1. The van der Waals surface area contributed by atoms with Gasteiger partial charge in [-0.2, -0.15) is 10.1 Å². The van der Waals surface area contributed by atoms with Crippen molar-refractivity contribution in [2.24, 2.45) is 0 Å². The van der Waals surface area contributed by atoms with Crippen molar-refractivity contribution in [2.45, 2.75) is 38.4 Å². The van der Waals surface area contributed by atoms with E-state index in [2.05, 4.69) is 20.2 Å². The smallest absolute Gasteiger partial charge is 0.450 e. The van der Waals surface area contributed by atoms with E-state index in [1.165, 1.54) is 0 Å². The maximum Gasteiger partial charge on any atom is 0.506 e. The second kappa shape index (κ2) is 10.9. The number of nitrogens with zero attached hydrogens (tertiary/aromatic N) is 6. The molecule has 1 saturated heterocycles. The molecule has 37 heavy (non-hydrogen) atoms. The lowest BCUT2D eigenvalue weighted by Gasteiger charge is -2.33. The molecule has 2 atom stereocenters. The summed E-state index contributed by atoms with van der Waals surface area (Å²) in [6, 6.07) is 13.0. The second-order valence-corrected chi connectivity index (χ2v) is 8.93. The zero-order valence-electron chi connectivity index (χ0n) is 20.4. The van der Waals surface area contributed by atoms with Crippen LogP contribution in [0.15, 0.2) is 59.4 Å². The molecule has 0 bridgehead atoms. The number of hydrogen-bond acceptors (Lipinski definition) is 9. The first-order valence-electron chi connectivity index (χ1n) is 12.2. The van der Waals surface area contributed by atoms with Crippen LogP contribution in [0, 0.1) is 0 Å². The quantitative estimate of drug-likeness (QED) is 0.341. The van der Waals surface area contributed by atoms with Gasteiger partial charge in [-0.25, -0.2) is 14.5 Å². The highest BCUT2D eigenvalue weighted by Crippen LogP contribution is 2.28. The van der Waals surface area contributed by atoms with Gasteiger partial charge in [-0.05, 0) is 43.5 Å². The molecule has 4 aromatic rings. The normalized spacial score (nSPS) is 17.0. The minimum atomic E-state index is -1.26. The van der Waals surface area contributed by atoms with Crippen LogP contribution in [0.2, 0.25) is 0 Å². The molecule has 11 nitrogen and oxygen atoms in total. The van der Waals surface area contributed by atoms with Crippen LogP contribution in [0.4, 0.5) is 4.79 Å². The summed E-state index contributed by atoms with van der Waals surface area (Å²) in [5.74, 6) is 1.53. The van der Waals surface area contributed by atoms with Crippen LogP contribution in [-0.2, 0) is 11.2 Å². The number of aliphatic hydroxyl groups excluding tert-OH is 1. The molecule has 3 aromatic heterocycles. The van der Waals surface area contributed by atoms with Gasteiger partial charge in [0.1, 0.15) is 6.10 Å². The summed E-state index contributed by atoms with van der Waals surface area (Å²) in [5.41, 5.74) is 3.18. The molecule has 0 amide bonds. The van der Waals surface area contributed by atoms with E-state index in [4.69, 9.17) is 14.4 Å². The topological polar surface area (TPSA) is 140 Å². The Hall–Kier alpha value is -4.09. The average molecular weight is 505 g/mol. The number of pyridine rings is 1. The summed E-state index contributed by atoms with van der Waals surface area (Å²) in [6.07, 6.45) is 3.31. The van der Waals surface area contributed by atoms with Crippen molar-refractivity contribution < 1.29 is 24.3 Å². The molecule has 192 valence electrons. The molecule has 1 fully saturated rings. The van der Waals surface area contributed by atoms with Crippen LogP contribution in [0.3, 0.4) is 0 Å². The molecule has 0 saturated carbocycles. The van der Waals surface area contributed by atoms with Crippen LogP contribution in [-0.4, -0.2) is 71.9 Å². The van der Waals surface area contributed by atoms with E-state index < -0.39 is 12.3 Å². The lowest BCUT2D eigenvalue weighted by atomic mass is 10.0. The molecule has 1 unspecified atom stereocenters. The number of aliphatic hydroxyl groups is 1. The van der Waals surface area contributed by atoms with Crippen molar-refractivity contribution in [3.8, 4) is 28.7 Å². The predicted molar refractivity (Wildman–Crippen MR) is 133 cm³/mol. The maximum atomic E-state index is 10.8. The molecule has 1 aromatic carbocycles. The molecule has 0 aliphatic carbocycles. The molecular formula is C26H28N6O5. The molecule has 1 aliphatic heterocycles. The molecule has 0 radical (unpaired) electrons. The van der Waals surface area contributed by atoms with Gasteiger partial charge in [-0.3, -0.25) is 4.90 Å². The Morgan fingerprint density at radius 2 is 2.08 bits per heavy atom. The highest BCUT2D eigenvalue weighted by Gasteiger charge is 2.25. The molecule has 1 aliphatic rings. The van der Waals surface area contributed by atoms with Gasteiger partial charge in [-0.1, -0.05) is 42.4 Å². The summed E-state index contributed by atoms with van der Waals surface area (Å²) in [7, 11) is 0. The predicted octanol–water partition coefficient (Wildman–Crippen LogP) is 3.74. The van der Waals surface area contributed by atoms with Gasteiger partial charge in [0.15, 0.2) is 5.82 Å². The van der Waals surface area contributed by atoms with Gasteiger partial charge in [0, 0.05) is 24.8 Å². The van der Waals surface area contributed by atoms with Gasteiger partial charge in [0.2, 0.25) is 5.82 Å². The zero-order chi connectivity index (χ0) is 25.8. The number of carbonyl (C=O) groups is 1. The number of β-amino-alcohol motifs (C(OH)–C–C–N with tert-alkyl or cyclic N) is 1. The third kappa shape index (κ3) is 5.52. The van der Waals surface area contributed by atoms with E-state index in [9.17, 15) is 9.90 Å². The number of piperidine rings is 1. The largest absolute Gasteiger partial charge is 0.506 e. The highest BCUT2D eigenvalue weighted by atomic mass is 16.7. The van der Waals surface area contributed by atoms with E-state index in [0.717, 1.165) is 35.3 Å². The van der Waals surface area contributed by atoms with Crippen molar-refractivity contribution in [1.29, 1.82) is 0 Å². The van der Waals surface area contributed by atoms with Crippen LogP contribution in [0.1, 0.15) is 37.1 Å². The zero-order valence-corrected chi connectivity index (χ0v) is 20.4. The van der Waals surface area contributed by atoms with E-state index in [0.29, 0.717) is 43.5 Å². The molecule has 11 heteroatoms. The van der Waals surface area contributed by atoms with Gasteiger partial charge in [-0.15, -0.1) is 0 Å². The number of aromatic nitrogens is 5. The van der Waals surface area contributed by atoms with Crippen LogP contribution < -0.4 is 0 Å². The number of benzene rings is 1. The lowest BCUT2D eigenvalue weighted by molar-refractivity contribution is 0.00215. The van der Waals surface area contributed by atoms with Gasteiger partial charge >= 0.3 is 6.16 Å². The molecule has 2 N–H and O–H groups in total. The summed E-state index contributed by atoms with van der Waals surface area (Å²) < 4.78 is 12.2. The van der Waals surface area contributed by atoms with E-state index in [1.807, 2.05) is 54.3 Å². The monoisotopic (exact) mass is 504 g/mol. The van der Waals surface area contributed by atoms with Gasteiger partial charge < -0.3 is 19.5 Å². The molecule has 5 rings (SSSR count). The summed E-state index contributed by atoms with van der Waals surface area (Å²) >= 11 is 0. The van der Waals surface area contributed by atoms with Crippen molar-refractivity contribution in [1.82, 2.24) is 29.8 Å². The Bertz CT molecular complexity index is 1340. The Morgan fingerprint density at radius 3 is 2.81 bits per heavy atom. The first-order valence-corrected chi connectivity index (χ1v) is 12.2. The number of likely N-dealkylation sites (tertiary alicyclic amines) is 1. The second-order valence-electron chi connectivity index (χ2n) is 8.93. The number of rotatable bonds is 8. The fourth-order valence-electron chi connectivity index (χ4n) is 4.64. The van der Waals surface area contributed by atoms with E-state index in [-0.39, 0.29) is 6.10 Å². The van der Waals surface area contributed by atoms with Crippen LogP contribution in [0.5, 0.6) is 0 Å². The van der Waals surface area contributed by atoms with Crippen molar-refractivity contribution in [3.63, 3.8) is 0 Å². The SMILES string of the molecule is CCc1c(-c2nc(-c3ccc(C(O)CN4CCC[C@H](OC(=O)O)C4)cc3)no2)cnn1-c1ccccn1. The highest BCUT2D eigenvalue weighted by molar-refractivity contribution is 5.62. The first kappa shape index (κ1) is 24.6. The fraction of sp³-hybridized carbons (Fsp3) is 0.346. The number of hydrogen-bond donors (Lipinski definition) is 2. The molecule has 0 spiro atoms. The maximum absolute atomic E-state index is 10.8. The Morgan fingerprint density at radius 1 is 1.24 bits per heavy atom. The molecule has 4 heterocycles. The van der Waals surface area contributed by atoms with Gasteiger partial charge in [0.05, 0.1) is 23.6 Å². The minimum Gasteiger partial charge on any atom is -0.450 e. The Kier molecular flexibility index (Phi) is 7.24. The lowest BCUT2D eigenvalue weighted by Crippen LogP contribution is -2.42. The van der Waals surface area contributed by atoms with Crippen LogP contribution in [0.25, 0.3) is 28.7 Å². The molecular weight excluding hydrogens is 476 g/mol. The summed E-state index contributed by atoms with van der Waals surface area (Å²) in [5, 5.41) is 28.2. The van der Waals surface area contributed by atoms with Crippen molar-refractivity contribution in [3.05, 3.63) is 66.1 Å². The van der Waals surface area contributed by atoms with Gasteiger partial charge in [0.25, 0.3) is 5.89 Å². The van der Waals surface area contributed by atoms with E-state index >= 15 is 0 Å². The third-order valence-electron chi connectivity index (χ3n) is 6.44. The van der Waals surface area contributed by atoms with Crippen LogP contribution >= 0.6 is 0 Å². The first-order chi connectivity index (χ1) is 18.0. The minimum absolute atomic E-state index is 0.363. The standard InChI is InChI=1S/C26H28N6O5/c1-2-21-20(14-28-32(21)23-7-3-4-12-27-23)25-29-24(30-37-25)18-10-8-17(9-11-18)22(33)16-31-13-5-6-19(15-31)36-26(34)35/h3-4,7-12,14,19,22,33H,2,5-6,13,15-16H2,1H3,(H,34,35)/t19-,22?/m0/s1. The summed E-state index contributed by atoms with van der Waals surface area (Å²) in [6.45, 7) is 3.69. The Labute approximate surface area is 213 Å². The van der Waals surface area contributed by atoms with E-state index in [1.54, 1.807) is 17.1 Å². The summed E-state index contributed by atoms with van der Waals surface area (Å²) in [4.78, 5) is 21.8.